The van der Waals surface area contributed by atoms with Crippen molar-refractivity contribution in [3.8, 4) is 0 Å². The predicted octanol–water partition coefficient (Wildman–Crippen LogP) is 3.06. The molecular weight excluding hydrogens is 333 g/mol. The van der Waals surface area contributed by atoms with Crippen molar-refractivity contribution in [2.24, 2.45) is 0 Å². The molecule has 0 amide bonds. The van der Waals surface area contributed by atoms with Crippen LogP contribution in [0.15, 0.2) is 22.7 Å². The third-order valence-electron chi connectivity index (χ3n) is 3.07. The monoisotopic (exact) mass is 351 g/mol. The zero-order valence-corrected chi connectivity index (χ0v) is 13.5. The van der Waals surface area contributed by atoms with Gasteiger partial charge in [-0.2, -0.15) is 0 Å². The van der Waals surface area contributed by atoms with Crippen molar-refractivity contribution in [1.29, 1.82) is 0 Å². The maximum atomic E-state index is 13.0. The Morgan fingerprint density at radius 2 is 2.11 bits per heavy atom. The molecule has 3 nitrogen and oxygen atoms in total. The summed E-state index contributed by atoms with van der Waals surface area (Å²) in [4.78, 5) is 0. The van der Waals surface area contributed by atoms with Crippen molar-refractivity contribution in [1.82, 2.24) is 5.32 Å². The molecule has 1 rings (SSSR count). The van der Waals surface area contributed by atoms with Gasteiger partial charge in [0.15, 0.2) is 0 Å². The van der Waals surface area contributed by atoms with Gasteiger partial charge < -0.3 is 5.32 Å². The molecule has 0 aromatic heterocycles. The SMILES string of the molecule is CCS(=O)(=O)CCCC(NC)c1ccc(F)cc1Br. The minimum absolute atomic E-state index is 0.0158. The van der Waals surface area contributed by atoms with Gasteiger partial charge in [0.1, 0.15) is 15.7 Å². The molecule has 6 heteroatoms. The van der Waals surface area contributed by atoms with E-state index in [1.54, 1.807) is 13.0 Å². The molecule has 0 aliphatic heterocycles. The van der Waals surface area contributed by atoms with Gasteiger partial charge in [-0.05, 0) is 37.6 Å². The summed E-state index contributed by atoms with van der Waals surface area (Å²) in [7, 11) is -1.11. The highest BCUT2D eigenvalue weighted by Crippen LogP contribution is 2.27. The molecule has 1 aromatic rings. The number of halogens is 2. The molecule has 19 heavy (non-hydrogen) atoms. The lowest BCUT2D eigenvalue weighted by atomic mass is 10.0. The third kappa shape index (κ3) is 5.20. The van der Waals surface area contributed by atoms with Crippen molar-refractivity contribution in [2.45, 2.75) is 25.8 Å². The van der Waals surface area contributed by atoms with Crippen LogP contribution < -0.4 is 5.32 Å². The molecule has 0 spiro atoms. The minimum Gasteiger partial charge on any atom is -0.313 e. The van der Waals surface area contributed by atoms with Crippen LogP contribution in [-0.2, 0) is 9.84 Å². The molecule has 0 fully saturated rings. The summed E-state index contributed by atoms with van der Waals surface area (Å²) in [6.07, 6.45) is 1.28. The van der Waals surface area contributed by atoms with E-state index in [4.69, 9.17) is 0 Å². The summed E-state index contributed by atoms with van der Waals surface area (Å²) in [5.41, 5.74) is 0.942. The van der Waals surface area contributed by atoms with E-state index in [0.717, 1.165) is 5.56 Å². The second-order valence-electron chi connectivity index (χ2n) is 4.39. The van der Waals surface area contributed by atoms with Gasteiger partial charge in [-0.25, -0.2) is 12.8 Å². The summed E-state index contributed by atoms with van der Waals surface area (Å²) in [6.45, 7) is 1.65. The van der Waals surface area contributed by atoms with E-state index in [9.17, 15) is 12.8 Å². The number of sulfone groups is 1. The molecule has 108 valence electrons. The van der Waals surface area contributed by atoms with Crippen LogP contribution in [0, 0.1) is 5.82 Å². The summed E-state index contributed by atoms with van der Waals surface area (Å²) in [6, 6.07) is 4.56. The largest absolute Gasteiger partial charge is 0.313 e. The smallest absolute Gasteiger partial charge is 0.150 e. The quantitative estimate of drug-likeness (QED) is 0.820. The van der Waals surface area contributed by atoms with Gasteiger partial charge in [0.2, 0.25) is 0 Å². The molecule has 0 heterocycles. The fraction of sp³-hybridized carbons (Fsp3) is 0.538. The normalized spacial score (nSPS) is 13.5. The Morgan fingerprint density at radius 1 is 1.42 bits per heavy atom. The Hall–Kier alpha value is -0.460. The molecule has 1 unspecified atom stereocenters. The van der Waals surface area contributed by atoms with E-state index < -0.39 is 9.84 Å². The predicted molar refractivity (Wildman–Crippen MR) is 79.5 cm³/mol. The first-order valence-electron chi connectivity index (χ1n) is 6.22. The van der Waals surface area contributed by atoms with Crippen molar-refractivity contribution in [3.05, 3.63) is 34.1 Å². The average molecular weight is 352 g/mol. The number of hydrogen-bond acceptors (Lipinski definition) is 3. The topological polar surface area (TPSA) is 46.2 Å². The highest BCUT2D eigenvalue weighted by atomic mass is 79.9. The Morgan fingerprint density at radius 3 is 2.63 bits per heavy atom. The molecule has 0 aliphatic carbocycles. The van der Waals surface area contributed by atoms with Crippen LogP contribution in [0.3, 0.4) is 0 Å². The van der Waals surface area contributed by atoms with Crippen LogP contribution >= 0.6 is 15.9 Å². The molecule has 1 aromatic carbocycles. The lowest BCUT2D eigenvalue weighted by Gasteiger charge is -2.18. The molecule has 0 radical (unpaired) electrons. The lowest BCUT2D eigenvalue weighted by molar-refractivity contribution is 0.532. The van der Waals surface area contributed by atoms with Gasteiger partial charge >= 0.3 is 0 Å². The highest BCUT2D eigenvalue weighted by Gasteiger charge is 2.15. The van der Waals surface area contributed by atoms with Crippen LogP contribution in [0.4, 0.5) is 4.39 Å². The van der Waals surface area contributed by atoms with Crippen LogP contribution in [0.2, 0.25) is 0 Å². The van der Waals surface area contributed by atoms with Crippen molar-refractivity contribution in [2.75, 3.05) is 18.6 Å². The summed E-state index contributed by atoms with van der Waals surface area (Å²) in [5, 5.41) is 3.14. The molecule has 1 atom stereocenters. The maximum absolute atomic E-state index is 13.0. The Balaban J connectivity index is 2.68. The molecule has 0 saturated carbocycles. The lowest BCUT2D eigenvalue weighted by Crippen LogP contribution is -2.18. The van der Waals surface area contributed by atoms with Gasteiger partial charge in [-0.1, -0.05) is 28.9 Å². The van der Waals surface area contributed by atoms with E-state index >= 15 is 0 Å². The van der Waals surface area contributed by atoms with Crippen LogP contribution in [0.1, 0.15) is 31.4 Å². The number of rotatable bonds is 7. The molecule has 1 N–H and O–H groups in total. The summed E-state index contributed by atoms with van der Waals surface area (Å²) < 4.78 is 36.6. The number of hydrogen-bond donors (Lipinski definition) is 1. The van der Waals surface area contributed by atoms with Gasteiger partial charge in [0.05, 0.1) is 5.75 Å². The maximum Gasteiger partial charge on any atom is 0.150 e. The Labute approximate surface area is 122 Å². The van der Waals surface area contributed by atoms with Crippen LogP contribution in [-0.4, -0.2) is 27.0 Å². The first-order valence-corrected chi connectivity index (χ1v) is 8.83. The first-order chi connectivity index (χ1) is 8.89. The summed E-state index contributed by atoms with van der Waals surface area (Å²) in [5.74, 6) is 0.0804. The highest BCUT2D eigenvalue weighted by molar-refractivity contribution is 9.10. The van der Waals surface area contributed by atoms with E-state index in [2.05, 4.69) is 21.2 Å². The van der Waals surface area contributed by atoms with E-state index in [0.29, 0.717) is 17.3 Å². The van der Waals surface area contributed by atoms with Crippen molar-refractivity contribution >= 4 is 25.8 Å². The minimum atomic E-state index is -2.92. The number of nitrogens with one attached hydrogen (secondary N) is 1. The zero-order valence-electron chi connectivity index (χ0n) is 11.1. The van der Waals surface area contributed by atoms with Gasteiger partial charge in [0, 0.05) is 16.3 Å². The van der Waals surface area contributed by atoms with E-state index in [1.807, 2.05) is 7.05 Å². The zero-order chi connectivity index (χ0) is 14.5. The van der Waals surface area contributed by atoms with Gasteiger partial charge in [0.25, 0.3) is 0 Å². The standard InChI is InChI=1S/C13H19BrFNO2S/c1-3-19(17,18)8-4-5-13(16-2)11-7-6-10(15)9-12(11)14/h6-7,9,13,16H,3-5,8H2,1-2H3. The molecule has 0 aliphatic rings. The van der Waals surface area contributed by atoms with Gasteiger partial charge in [-0.3, -0.25) is 0 Å². The second-order valence-corrected chi connectivity index (χ2v) is 7.71. The summed E-state index contributed by atoms with van der Waals surface area (Å²) >= 11 is 3.34. The Bertz CT molecular complexity index is 519. The first kappa shape index (κ1) is 16.6. The van der Waals surface area contributed by atoms with Crippen molar-refractivity contribution < 1.29 is 12.8 Å². The molecule has 0 bridgehead atoms. The fourth-order valence-corrected chi connectivity index (χ4v) is 3.41. The molecule has 0 saturated heterocycles. The van der Waals surface area contributed by atoms with Crippen LogP contribution in [0.25, 0.3) is 0 Å². The fourth-order valence-electron chi connectivity index (χ4n) is 1.89. The van der Waals surface area contributed by atoms with E-state index in [-0.39, 0.29) is 23.4 Å². The van der Waals surface area contributed by atoms with Gasteiger partial charge in [-0.15, -0.1) is 0 Å². The number of benzene rings is 1. The molecular formula is C13H19BrFNO2S. The van der Waals surface area contributed by atoms with Crippen molar-refractivity contribution in [3.63, 3.8) is 0 Å². The van der Waals surface area contributed by atoms with Crippen LogP contribution in [0.5, 0.6) is 0 Å². The Kier molecular flexibility index (Phi) is 6.42. The average Bonchev–Trinajstić information content (AvgIpc) is 2.36. The second kappa shape index (κ2) is 7.36. The third-order valence-corrected chi connectivity index (χ3v) is 5.55. The van der Waals surface area contributed by atoms with E-state index in [1.165, 1.54) is 12.1 Å².